The first-order valence-electron chi connectivity index (χ1n) is 7.02. The Morgan fingerprint density at radius 3 is 2.77 bits per heavy atom. The molecule has 5 nitrogen and oxygen atoms in total. The third-order valence-electron chi connectivity index (χ3n) is 3.25. The van der Waals surface area contributed by atoms with Gasteiger partial charge >= 0.3 is 5.97 Å². The Hall–Kier alpha value is -2.95. The first-order valence-corrected chi connectivity index (χ1v) is 7.02. The highest BCUT2D eigenvalue weighted by molar-refractivity contribution is 5.96. The van der Waals surface area contributed by atoms with Crippen molar-refractivity contribution in [3.8, 4) is 22.5 Å². The third kappa shape index (κ3) is 2.74. The summed E-state index contributed by atoms with van der Waals surface area (Å²) in [7, 11) is 0. The van der Waals surface area contributed by atoms with Gasteiger partial charge in [-0.25, -0.2) is 4.79 Å². The fourth-order valence-electron chi connectivity index (χ4n) is 2.26. The van der Waals surface area contributed by atoms with Gasteiger partial charge in [0.05, 0.1) is 23.6 Å². The van der Waals surface area contributed by atoms with Crippen LogP contribution in [0.3, 0.4) is 0 Å². The summed E-state index contributed by atoms with van der Waals surface area (Å²) in [5.74, 6) is -0.363. The van der Waals surface area contributed by atoms with Crippen molar-refractivity contribution in [2.45, 2.75) is 6.92 Å². The third-order valence-corrected chi connectivity index (χ3v) is 3.25. The number of aromatic amines is 1. The molecule has 2 aromatic heterocycles. The quantitative estimate of drug-likeness (QED) is 0.749. The molecule has 2 heterocycles. The Kier molecular flexibility index (Phi) is 3.96. The monoisotopic (exact) mass is 293 g/mol. The van der Waals surface area contributed by atoms with Crippen molar-refractivity contribution in [3.05, 3.63) is 60.4 Å². The van der Waals surface area contributed by atoms with E-state index in [4.69, 9.17) is 4.74 Å². The number of pyridine rings is 1. The van der Waals surface area contributed by atoms with Crippen LogP contribution >= 0.6 is 0 Å². The van der Waals surface area contributed by atoms with E-state index in [-0.39, 0.29) is 5.97 Å². The molecule has 0 aliphatic heterocycles. The minimum Gasteiger partial charge on any atom is -0.462 e. The molecule has 0 radical (unpaired) electrons. The molecule has 110 valence electrons. The minimum atomic E-state index is -0.363. The van der Waals surface area contributed by atoms with E-state index in [2.05, 4.69) is 15.2 Å². The molecule has 3 aromatic rings. The topological polar surface area (TPSA) is 67.9 Å². The van der Waals surface area contributed by atoms with Gasteiger partial charge < -0.3 is 4.74 Å². The average Bonchev–Trinajstić information content (AvgIpc) is 3.10. The molecule has 0 aliphatic rings. The van der Waals surface area contributed by atoms with Crippen LogP contribution in [0, 0.1) is 0 Å². The van der Waals surface area contributed by atoms with Crippen LogP contribution in [0.25, 0.3) is 22.5 Å². The Labute approximate surface area is 128 Å². The molecule has 0 saturated heterocycles. The van der Waals surface area contributed by atoms with Gasteiger partial charge in [0.1, 0.15) is 0 Å². The van der Waals surface area contributed by atoms with Crippen LogP contribution in [-0.2, 0) is 4.74 Å². The van der Waals surface area contributed by atoms with Crippen molar-refractivity contribution in [3.63, 3.8) is 0 Å². The highest BCUT2D eigenvalue weighted by atomic mass is 16.5. The lowest BCUT2D eigenvalue weighted by atomic mass is 10.0. The van der Waals surface area contributed by atoms with Gasteiger partial charge in [-0.2, -0.15) is 5.10 Å². The minimum absolute atomic E-state index is 0.335. The lowest BCUT2D eigenvalue weighted by Gasteiger charge is -2.09. The maximum atomic E-state index is 12.1. The number of hydrogen-bond donors (Lipinski definition) is 1. The van der Waals surface area contributed by atoms with Crippen molar-refractivity contribution >= 4 is 5.97 Å². The number of nitrogens with one attached hydrogen (secondary N) is 1. The maximum Gasteiger partial charge on any atom is 0.340 e. The number of esters is 1. The summed E-state index contributed by atoms with van der Waals surface area (Å²) in [6.07, 6.45) is 3.37. The van der Waals surface area contributed by atoms with E-state index in [9.17, 15) is 4.79 Å². The molecular formula is C17H15N3O2. The molecule has 0 atom stereocenters. The summed E-state index contributed by atoms with van der Waals surface area (Å²) >= 11 is 0. The molecule has 0 fully saturated rings. The molecule has 0 unspecified atom stereocenters. The lowest BCUT2D eigenvalue weighted by molar-refractivity contribution is 0.0527. The number of nitrogens with zero attached hydrogens (tertiary/aromatic N) is 2. The zero-order chi connectivity index (χ0) is 15.4. The first-order chi connectivity index (χ1) is 10.8. The predicted molar refractivity (Wildman–Crippen MR) is 83.2 cm³/mol. The number of H-pyrrole nitrogens is 1. The van der Waals surface area contributed by atoms with Gasteiger partial charge in [0.15, 0.2) is 0 Å². The lowest BCUT2D eigenvalue weighted by Crippen LogP contribution is -2.07. The van der Waals surface area contributed by atoms with Crippen LogP contribution in [0.4, 0.5) is 0 Å². The van der Waals surface area contributed by atoms with Crippen LogP contribution in [0.1, 0.15) is 17.3 Å². The summed E-state index contributed by atoms with van der Waals surface area (Å²) in [4.78, 5) is 16.4. The second-order valence-corrected chi connectivity index (χ2v) is 4.67. The number of carbonyl (C=O) groups excluding carboxylic acids is 1. The Morgan fingerprint density at radius 1 is 1.14 bits per heavy atom. The summed E-state index contributed by atoms with van der Waals surface area (Å²) < 4.78 is 5.10. The van der Waals surface area contributed by atoms with E-state index in [1.807, 2.05) is 30.3 Å². The number of aromatic nitrogens is 3. The van der Waals surface area contributed by atoms with Crippen LogP contribution in [0.5, 0.6) is 0 Å². The first kappa shape index (κ1) is 14.0. The van der Waals surface area contributed by atoms with Crippen LogP contribution < -0.4 is 0 Å². The van der Waals surface area contributed by atoms with E-state index in [0.717, 1.165) is 16.8 Å². The zero-order valence-corrected chi connectivity index (χ0v) is 12.1. The summed E-state index contributed by atoms with van der Waals surface area (Å²) in [6, 6.07) is 13.1. The molecule has 0 spiro atoms. The molecular weight excluding hydrogens is 278 g/mol. The number of carbonyl (C=O) groups is 1. The van der Waals surface area contributed by atoms with Gasteiger partial charge in [0, 0.05) is 23.5 Å². The Morgan fingerprint density at radius 2 is 2.00 bits per heavy atom. The molecule has 1 aromatic carbocycles. The summed E-state index contributed by atoms with van der Waals surface area (Å²) in [6.45, 7) is 2.12. The van der Waals surface area contributed by atoms with Crippen molar-refractivity contribution in [1.82, 2.24) is 15.2 Å². The van der Waals surface area contributed by atoms with E-state index in [1.54, 1.807) is 31.5 Å². The van der Waals surface area contributed by atoms with Crippen molar-refractivity contribution in [2.75, 3.05) is 6.61 Å². The second kappa shape index (κ2) is 6.22. The van der Waals surface area contributed by atoms with Crippen LogP contribution in [-0.4, -0.2) is 27.8 Å². The molecule has 0 aliphatic carbocycles. The standard InChI is InChI=1S/C17H15N3O2/c1-2-22-17(21)14-7-4-9-18-16(14)13-6-3-5-12(11-13)15-8-10-19-20-15/h3-11H,2H2,1H3,(H,19,20). The number of rotatable bonds is 4. The molecule has 0 saturated carbocycles. The Balaban J connectivity index is 2.05. The molecule has 22 heavy (non-hydrogen) atoms. The molecule has 3 rings (SSSR count). The normalized spacial score (nSPS) is 10.4. The highest BCUT2D eigenvalue weighted by Crippen LogP contribution is 2.26. The van der Waals surface area contributed by atoms with Crippen molar-refractivity contribution < 1.29 is 9.53 Å². The molecule has 0 bridgehead atoms. The molecule has 1 N–H and O–H groups in total. The number of benzene rings is 1. The fourth-order valence-corrected chi connectivity index (χ4v) is 2.26. The average molecular weight is 293 g/mol. The number of hydrogen-bond acceptors (Lipinski definition) is 4. The van der Waals surface area contributed by atoms with Crippen LogP contribution in [0.15, 0.2) is 54.9 Å². The van der Waals surface area contributed by atoms with E-state index >= 15 is 0 Å². The largest absolute Gasteiger partial charge is 0.462 e. The van der Waals surface area contributed by atoms with Crippen molar-refractivity contribution in [1.29, 1.82) is 0 Å². The van der Waals surface area contributed by atoms with Gasteiger partial charge in [0.2, 0.25) is 0 Å². The van der Waals surface area contributed by atoms with E-state index in [1.165, 1.54) is 0 Å². The van der Waals surface area contributed by atoms with Crippen LogP contribution in [0.2, 0.25) is 0 Å². The highest BCUT2D eigenvalue weighted by Gasteiger charge is 2.15. The van der Waals surface area contributed by atoms with Gasteiger partial charge in [-0.3, -0.25) is 10.1 Å². The zero-order valence-electron chi connectivity index (χ0n) is 12.1. The number of ether oxygens (including phenoxy) is 1. The van der Waals surface area contributed by atoms with Gasteiger partial charge in [-0.1, -0.05) is 18.2 Å². The van der Waals surface area contributed by atoms with Crippen molar-refractivity contribution in [2.24, 2.45) is 0 Å². The smallest absolute Gasteiger partial charge is 0.340 e. The van der Waals surface area contributed by atoms with E-state index < -0.39 is 0 Å². The van der Waals surface area contributed by atoms with Gasteiger partial charge in [-0.15, -0.1) is 0 Å². The Bertz CT molecular complexity index is 782. The summed E-state index contributed by atoms with van der Waals surface area (Å²) in [5.41, 5.74) is 3.83. The molecule has 5 heteroatoms. The SMILES string of the molecule is CCOC(=O)c1cccnc1-c1cccc(-c2ccn[nH]2)c1. The van der Waals surface area contributed by atoms with Gasteiger partial charge in [-0.05, 0) is 31.2 Å². The van der Waals surface area contributed by atoms with E-state index in [0.29, 0.717) is 17.9 Å². The fraction of sp³-hybridized carbons (Fsp3) is 0.118. The second-order valence-electron chi connectivity index (χ2n) is 4.67. The van der Waals surface area contributed by atoms with Gasteiger partial charge in [0.25, 0.3) is 0 Å². The maximum absolute atomic E-state index is 12.1. The molecule has 0 amide bonds. The summed E-state index contributed by atoms with van der Waals surface area (Å²) in [5, 5.41) is 6.88. The predicted octanol–water partition coefficient (Wildman–Crippen LogP) is 3.32.